The molecule has 2 atom stereocenters. The Bertz CT molecular complexity index is 532. The molecule has 1 aromatic heterocycles. The number of rotatable bonds is 4. The number of aromatic nitrogens is 2. The maximum atomic E-state index is 12.2. The second-order valence-electron chi connectivity index (χ2n) is 5.43. The van der Waals surface area contributed by atoms with Crippen LogP contribution in [0.2, 0.25) is 0 Å². The van der Waals surface area contributed by atoms with Crippen LogP contribution in [0, 0.1) is 17.0 Å². The zero-order valence-corrected chi connectivity index (χ0v) is 12.5. The van der Waals surface area contributed by atoms with Gasteiger partial charge in [-0.2, -0.15) is 5.10 Å². The van der Waals surface area contributed by atoms with Crippen LogP contribution in [0.1, 0.15) is 26.0 Å². The van der Waals surface area contributed by atoms with E-state index < -0.39 is 4.92 Å². The summed E-state index contributed by atoms with van der Waals surface area (Å²) >= 11 is 0. The van der Waals surface area contributed by atoms with E-state index in [1.807, 2.05) is 13.8 Å². The smallest absolute Gasteiger partial charge is 0.309 e. The van der Waals surface area contributed by atoms with Gasteiger partial charge in [-0.15, -0.1) is 0 Å². The van der Waals surface area contributed by atoms with Crippen molar-refractivity contribution >= 4 is 11.6 Å². The third-order valence-electron chi connectivity index (χ3n) is 3.44. The molecule has 0 bridgehead atoms. The first-order valence-electron chi connectivity index (χ1n) is 6.98. The van der Waals surface area contributed by atoms with E-state index in [4.69, 9.17) is 4.74 Å². The minimum atomic E-state index is -0.466. The van der Waals surface area contributed by atoms with Crippen molar-refractivity contribution in [3.63, 3.8) is 0 Å². The van der Waals surface area contributed by atoms with Crippen molar-refractivity contribution in [2.24, 2.45) is 0 Å². The van der Waals surface area contributed by atoms with Gasteiger partial charge in [0.05, 0.1) is 17.1 Å². The second-order valence-corrected chi connectivity index (χ2v) is 5.43. The van der Waals surface area contributed by atoms with Crippen LogP contribution in [0.4, 0.5) is 5.69 Å². The van der Waals surface area contributed by atoms with Crippen LogP contribution in [0.3, 0.4) is 0 Å². The van der Waals surface area contributed by atoms with E-state index in [2.05, 4.69) is 5.10 Å². The van der Waals surface area contributed by atoms with Crippen LogP contribution in [-0.4, -0.2) is 50.8 Å². The first kappa shape index (κ1) is 15.4. The van der Waals surface area contributed by atoms with Gasteiger partial charge in [0.25, 0.3) is 0 Å². The standard InChI is InChI=1S/C13H20N4O4/c1-9-6-15(7-10(2)21-9)13(18)4-5-16-8-12(17(19)20)11(3)14-16/h8-10H,4-7H2,1-3H3/t9-,10-/m0/s1. The molecule has 1 fully saturated rings. The molecule has 2 heterocycles. The summed E-state index contributed by atoms with van der Waals surface area (Å²) in [6, 6.07) is 0. The lowest BCUT2D eigenvalue weighted by Crippen LogP contribution is -2.48. The Morgan fingerprint density at radius 3 is 2.62 bits per heavy atom. The van der Waals surface area contributed by atoms with E-state index in [0.29, 0.717) is 25.3 Å². The average Bonchev–Trinajstić information content (AvgIpc) is 2.76. The summed E-state index contributed by atoms with van der Waals surface area (Å²) in [4.78, 5) is 24.3. The van der Waals surface area contributed by atoms with E-state index in [-0.39, 0.29) is 30.2 Å². The molecule has 0 unspecified atom stereocenters. The molecule has 0 aliphatic carbocycles. The lowest BCUT2D eigenvalue weighted by Gasteiger charge is -2.35. The summed E-state index contributed by atoms with van der Waals surface area (Å²) < 4.78 is 7.05. The Morgan fingerprint density at radius 2 is 2.10 bits per heavy atom. The normalized spacial score (nSPS) is 22.3. The second kappa shape index (κ2) is 6.21. The summed E-state index contributed by atoms with van der Waals surface area (Å²) in [5.74, 6) is 0.0211. The minimum Gasteiger partial charge on any atom is -0.372 e. The zero-order chi connectivity index (χ0) is 15.6. The molecule has 0 aromatic carbocycles. The Labute approximate surface area is 122 Å². The third kappa shape index (κ3) is 3.78. The summed E-state index contributed by atoms with van der Waals surface area (Å²) in [5, 5.41) is 14.8. The molecular weight excluding hydrogens is 276 g/mol. The molecule has 1 aliphatic heterocycles. The number of morpholine rings is 1. The molecule has 0 radical (unpaired) electrons. The molecule has 2 rings (SSSR count). The van der Waals surface area contributed by atoms with Gasteiger partial charge in [0.2, 0.25) is 5.91 Å². The van der Waals surface area contributed by atoms with Gasteiger partial charge in [0.1, 0.15) is 11.9 Å². The van der Waals surface area contributed by atoms with Crippen LogP contribution in [0.25, 0.3) is 0 Å². The highest BCUT2D eigenvalue weighted by Gasteiger charge is 2.25. The van der Waals surface area contributed by atoms with Gasteiger partial charge in [0, 0.05) is 26.1 Å². The van der Waals surface area contributed by atoms with E-state index >= 15 is 0 Å². The van der Waals surface area contributed by atoms with Crippen LogP contribution < -0.4 is 0 Å². The van der Waals surface area contributed by atoms with Gasteiger partial charge < -0.3 is 9.64 Å². The van der Waals surface area contributed by atoms with Crippen LogP contribution in [-0.2, 0) is 16.1 Å². The Morgan fingerprint density at radius 1 is 1.48 bits per heavy atom. The predicted molar refractivity (Wildman–Crippen MR) is 74.8 cm³/mol. The maximum Gasteiger partial charge on any atom is 0.309 e. The fraction of sp³-hybridized carbons (Fsp3) is 0.692. The van der Waals surface area contributed by atoms with E-state index in [1.54, 1.807) is 11.8 Å². The summed E-state index contributed by atoms with van der Waals surface area (Å²) in [5.41, 5.74) is 0.345. The van der Waals surface area contributed by atoms with Crippen molar-refractivity contribution < 1.29 is 14.5 Å². The highest BCUT2D eigenvalue weighted by molar-refractivity contribution is 5.76. The number of carbonyl (C=O) groups is 1. The number of nitro groups is 1. The third-order valence-corrected chi connectivity index (χ3v) is 3.44. The number of nitrogens with zero attached hydrogens (tertiary/aromatic N) is 4. The summed E-state index contributed by atoms with van der Waals surface area (Å²) in [7, 11) is 0. The first-order chi connectivity index (χ1) is 9.86. The maximum absolute atomic E-state index is 12.2. The highest BCUT2D eigenvalue weighted by Crippen LogP contribution is 2.16. The molecule has 1 aliphatic rings. The van der Waals surface area contributed by atoms with Crippen molar-refractivity contribution in [3.05, 3.63) is 22.0 Å². The van der Waals surface area contributed by atoms with Crippen molar-refractivity contribution in [3.8, 4) is 0 Å². The first-order valence-corrected chi connectivity index (χ1v) is 6.98. The number of amides is 1. The number of aryl methyl sites for hydroxylation is 2. The number of hydrogen-bond donors (Lipinski definition) is 0. The molecular formula is C13H20N4O4. The van der Waals surface area contributed by atoms with Crippen LogP contribution in [0.15, 0.2) is 6.20 Å². The van der Waals surface area contributed by atoms with E-state index in [0.717, 1.165) is 0 Å². The van der Waals surface area contributed by atoms with Gasteiger partial charge in [0.15, 0.2) is 0 Å². The molecule has 0 spiro atoms. The average molecular weight is 296 g/mol. The molecule has 1 amide bonds. The van der Waals surface area contributed by atoms with E-state index in [9.17, 15) is 14.9 Å². The Balaban J connectivity index is 1.92. The SMILES string of the molecule is Cc1nn(CCC(=O)N2C[C@H](C)O[C@@H](C)C2)cc1[N+](=O)[O-]. The lowest BCUT2D eigenvalue weighted by molar-refractivity contribution is -0.385. The van der Waals surface area contributed by atoms with Gasteiger partial charge >= 0.3 is 5.69 Å². The van der Waals surface area contributed by atoms with Gasteiger partial charge in [-0.1, -0.05) is 0 Å². The quantitative estimate of drug-likeness (QED) is 0.613. The zero-order valence-electron chi connectivity index (χ0n) is 12.5. The van der Waals surface area contributed by atoms with E-state index in [1.165, 1.54) is 10.9 Å². The minimum absolute atomic E-state index is 0.0175. The molecule has 21 heavy (non-hydrogen) atoms. The fourth-order valence-electron chi connectivity index (χ4n) is 2.55. The van der Waals surface area contributed by atoms with Crippen LogP contribution in [0.5, 0.6) is 0 Å². The topological polar surface area (TPSA) is 90.5 Å². The molecule has 8 heteroatoms. The predicted octanol–water partition coefficient (Wildman–Crippen LogP) is 1.13. The molecule has 0 saturated carbocycles. The van der Waals surface area contributed by atoms with Crippen molar-refractivity contribution in [2.45, 2.75) is 45.9 Å². The lowest BCUT2D eigenvalue weighted by atomic mass is 10.2. The van der Waals surface area contributed by atoms with Crippen LogP contribution >= 0.6 is 0 Å². The molecule has 1 saturated heterocycles. The number of hydrogen-bond acceptors (Lipinski definition) is 5. The van der Waals surface area contributed by atoms with Gasteiger partial charge in [-0.3, -0.25) is 19.6 Å². The van der Waals surface area contributed by atoms with Crippen molar-refractivity contribution in [1.82, 2.24) is 14.7 Å². The molecule has 8 nitrogen and oxygen atoms in total. The molecule has 1 aromatic rings. The molecule has 116 valence electrons. The van der Waals surface area contributed by atoms with Crippen molar-refractivity contribution in [1.29, 1.82) is 0 Å². The highest BCUT2D eigenvalue weighted by atomic mass is 16.6. The number of carbonyl (C=O) groups excluding carboxylic acids is 1. The van der Waals surface area contributed by atoms with Gasteiger partial charge in [-0.25, -0.2) is 0 Å². The van der Waals surface area contributed by atoms with Gasteiger partial charge in [-0.05, 0) is 20.8 Å². The largest absolute Gasteiger partial charge is 0.372 e. The summed E-state index contributed by atoms with van der Waals surface area (Å²) in [6.07, 6.45) is 1.71. The monoisotopic (exact) mass is 296 g/mol. The Kier molecular flexibility index (Phi) is 4.56. The molecule has 0 N–H and O–H groups in total. The fourth-order valence-corrected chi connectivity index (χ4v) is 2.55. The Hall–Kier alpha value is -1.96. The number of ether oxygens (including phenoxy) is 1. The summed E-state index contributed by atoms with van der Waals surface area (Å²) in [6.45, 7) is 6.98. The van der Waals surface area contributed by atoms with Crippen molar-refractivity contribution in [2.75, 3.05) is 13.1 Å².